The van der Waals surface area contributed by atoms with Gasteiger partial charge in [-0.25, -0.2) is 4.98 Å². The van der Waals surface area contributed by atoms with E-state index >= 15 is 0 Å². The Morgan fingerprint density at radius 1 is 1.09 bits per heavy atom. The molecule has 1 aliphatic rings. The second kappa shape index (κ2) is 9.61. The van der Waals surface area contributed by atoms with E-state index < -0.39 is 5.41 Å². The number of nitrogens with one attached hydrogen (secondary N) is 1. The number of carbonyl (C=O) groups excluding carboxylic acids is 2. The zero-order valence-corrected chi connectivity index (χ0v) is 19.3. The average Bonchev–Trinajstić information content (AvgIpc) is 3.35. The van der Waals surface area contributed by atoms with Crippen molar-refractivity contribution in [3.8, 4) is 10.4 Å². The molecule has 2 aromatic heterocycles. The SMILES string of the molecule is CCNC(=O)C1(Cc2ccc(-c3cccs3)cc2)CCN(C(=O)c2cnc(C)cn2)CC1. The number of thiophene rings is 1. The number of benzene rings is 1. The van der Waals surface area contributed by atoms with Crippen molar-refractivity contribution >= 4 is 23.2 Å². The van der Waals surface area contributed by atoms with Crippen molar-refractivity contribution in [1.29, 1.82) is 0 Å². The average molecular weight is 449 g/mol. The topological polar surface area (TPSA) is 75.2 Å². The summed E-state index contributed by atoms with van der Waals surface area (Å²) in [5, 5.41) is 5.10. The van der Waals surface area contributed by atoms with Crippen molar-refractivity contribution in [2.24, 2.45) is 5.41 Å². The van der Waals surface area contributed by atoms with E-state index in [1.54, 1.807) is 22.4 Å². The molecule has 1 saturated heterocycles. The van der Waals surface area contributed by atoms with E-state index in [0.717, 1.165) is 11.3 Å². The van der Waals surface area contributed by atoms with E-state index in [0.29, 0.717) is 44.6 Å². The minimum absolute atomic E-state index is 0.0737. The number of piperidine rings is 1. The summed E-state index contributed by atoms with van der Waals surface area (Å²) in [6, 6.07) is 12.7. The first-order chi connectivity index (χ1) is 15.5. The van der Waals surface area contributed by atoms with Gasteiger partial charge in [0, 0.05) is 30.7 Å². The van der Waals surface area contributed by atoms with E-state index in [-0.39, 0.29) is 11.8 Å². The Labute approximate surface area is 192 Å². The Morgan fingerprint density at radius 2 is 1.84 bits per heavy atom. The number of likely N-dealkylation sites (tertiary alicyclic amines) is 1. The van der Waals surface area contributed by atoms with Gasteiger partial charge in [0.15, 0.2) is 0 Å². The van der Waals surface area contributed by atoms with E-state index in [9.17, 15) is 9.59 Å². The van der Waals surface area contributed by atoms with Gasteiger partial charge in [-0.2, -0.15) is 0 Å². The predicted octanol–water partition coefficient (Wildman–Crippen LogP) is 4.11. The molecule has 0 bridgehead atoms. The van der Waals surface area contributed by atoms with Gasteiger partial charge in [0.05, 0.1) is 17.3 Å². The molecule has 0 aliphatic carbocycles. The van der Waals surface area contributed by atoms with Crippen molar-refractivity contribution in [3.05, 3.63) is 71.1 Å². The zero-order valence-electron chi connectivity index (χ0n) is 18.5. The largest absolute Gasteiger partial charge is 0.356 e. The smallest absolute Gasteiger partial charge is 0.274 e. The molecule has 0 saturated carbocycles. The summed E-state index contributed by atoms with van der Waals surface area (Å²) < 4.78 is 0. The Bertz CT molecular complexity index is 1050. The van der Waals surface area contributed by atoms with E-state index in [2.05, 4.69) is 57.1 Å². The number of hydrogen-bond donors (Lipinski definition) is 1. The molecule has 0 radical (unpaired) electrons. The normalized spacial score (nSPS) is 15.4. The van der Waals surface area contributed by atoms with Crippen LogP contribution < -0.4 is 5.32 Å². The molecule has 3 aromatic rings. The first-order valence-corrected chi connectivity index (χ1v) is 11.9. The van der Waals surface area contributed by atoms with Gasteiger partial charge in [0.1, 0.15) is 5.69 Å². The molecule has 7 heteroatoms. The first-order valence-electron chi connectivity index (χ1n) is 11.0. The van der Waals surface area contributed by atoms with Crippen molar-refractivity contribution in [2.75, 3.05) is 19.6 Å². The summed E-state index contributed by atoms with van der Waals surface area (Å²) in [5.41, 5.74) is 2.94. The quantitative estimate of drug-likeness (QED) is 0.616. The molecule has 1 fully saturated rings. The second-order valence-electron chi connectivity index (χ2n) is 8.33. The number of aromatic nitrogens is 2. The lowest BCUT2D eigenvalue weighted by Crippen LogP contribution is -2.51. The maximum absolute atomic E-state index is 13.1. The van der Waals surface area contributed by atoms with Gasteiger partial charge in [0.2, 0.25) is 5.91 Å². The fourth-order valence-corrected chi connectivity index (χ4v) is 4.99. The molecule has 0 unspecified atom stereocenters. The first kappa shape index (κ1) is 22.1. The van der Waals surface area contributed by atoms with Gasteiger partial charge in [-0.05, 0) is 55.7 Å². The molecule has 6 nitrogen and oxygen atoms in total. The minimum Gasteiger partial charge on any atom is -0.356 e. The zero-order chi connectivity index (χ0) is 22.6. The summed E-state index contributed by atoms with van der Waals surface area (Å²) in [6.07, 6.45) is 5.04. The van der Waals surface area contributed by atoms with Crippen molar-refractivity contribution in [3.63, 3.8) is 0 Å². The van der Waals surface area contributed by atoms with Crippen LogP contribution in [0.5, 0.6) is 0 Å². The molecule has 4 rings (SSSR count). The van der Waals surface area contributed by atoms with Crippen LogP contribution in [-0.2, 0) is 11.2 Å². The summed E-state index contributed by atoms with van der Waals surface area (Å²) >= 11 is 1.72. The number of rotatable bonds is 6. The van der Waals surface area contributed by atoms with Crippen molar-refractivity contribution in [2.45, 2.75) is 33.1 Å². The van der Waals surface area contributed by atoms with Crippen LogP contribution in [0.4, 0.5) is 0 Å². The monoisotopic (exact) mass is 448 g/mol. The molecule has 1 N–H and O–H groups in total. The van der Waals surface area contributed by atoms with Crippen LogP contribution in [0.2, 0.25) is 0 Å². The highest BCUT2D eigenvalue weighted by Gasteiger charge is 2.42. The molecule has 3 heterocycles. The Kier molecular flexibility index (Phi) is 6.65. The van der Waals surface area contributed by atoms with Gasteiger partial charge in [-0.1, -0.05) is 30.3 Å². The van der Waals surface area contributed by atoms with Crippen LogP contribution in [0, 0.1) is 12.3 Å². The van der Waals surface area contributed by atoms with Gasteiger partial charge < -0.3 is 10.2 Å². The highest BCUT2D eigenvalue weighted by atomic mass is 32.1. The van der Waals surface area contributed by atoms with E-state index in [1.807, 2.05) is 13.8 Å². The predicted molar refractivity (Wildman–Crippen MR) is 126 cm³/mol. The third kappa shape index (κ3) is 4.72. The fourth-order valence-electron chi connectivity index (χ4n) is 4.26. The lowest BCUT2D eigenvalue weighted by Gasteiger charge is -2.40. The van der Waals surface area contributed by atoms with Gasteiger partial charge in [-0.15, -0.1) is 11.3 Å². The standard InChI is InChI=1S/C25H28N4O2S/c1-3-26-24(31)25(15-19-6-8-20(9-7-19)22-5-4-14-32-22)10-12-29(13-11-25)23(30)21-17-27-18(2)16-28-21/h4-9,14,16-17H,3,10-13,15H2,1-2H3,(H,26,31). The summed E-state index contributed by atoms with van der Waals surface area (Å²) in [5.74, 6) is -0.0492. The van der Waals surface area contributed by atoms with Crippen LogP contribution in [0.25, 0.3) is 10.4 Å². The van der Waals surface area contributed by atoms with Crippen LogP contribution in [0.3, 0.4) is 0 Å². The molecular formula is C25H28N4O2S. The fraction of sp³-hybridized carbons (Fsp3) is 0.360. The Morgan fingerprint density at radius 3 is 2.44 bits per heavy atom. The summed E-state index contributed by atoms with van der Waals surface area (Å²) in [4.78, 5) is 37.4. The summed E-state index contributed by atoms with van der Waals surface area (Å²) in [6.45, 7) is 5.43. The van der Waals surface area contributed by atoms with Crippen LogP contribution in [-0.4, -0.2) is 46.3 Å². The molecule has 0 atom stereocenters. The minimum atomic E-state index is -0.518. The third-order valence-corrected chi connectivity index (χ3v) is 7.05. The van der Waals surface area contributed by atoms with E-state index in [1.165, 1.54) is 16.6 Å². The summed E-state index contributed by atoms with van der Waals surface area (Å²) in [7, 11) is 0. The molecule has 166 valence electrons. The van der Waals surface area contributed by atoms with E-state index in [4.69, 9.17) is 0 Å². The number of carbonyl (C=O) groups is 2. The van der Waals surface area contributed by atoms with Crippen LogP contribution in [0.1, 0.15) is 41.5 Å². The molecule has 2 amide bonds. The van der Waals surface area contributed by atoms with Gasteiger partial charge >= 0.3 is 0 Å². The van der Waals surface area contributed by atoms with Gasteiger partial charge in [0.25, 0.3) is 5.91 Å². The van der Waals surface area contributed by atoms with Crippen LogP contribution >= 0.6 is 11.3 Å². The number of hydrogen-bond acceptors (Lipinski definition) is 5. The van der Waals surface area contributed by atoms with Crippen molar-refractivity contribution < 1.29 is 9.59 Å². The maximum atomic E-state index is 13.1. The highest BCUT2D eigenvalue weighted by Crippen LogP contribution is 2.36. The number of amides is 2. The third-order valence-electron chi connectivity index (χ3n) is 6.13. The Balaban J connectivity index is 1.48. The van der Waals surface area contributed by atoms with Crippen molar-refractivity contribution in [1.82, 2.24) is 20.2 Å². The lowest BCUT2D eigenvalue weighted by molar-refractivity contribution is -0.133. The molecular weight excluding hydrogens is 420 g/mol. The molecule has 32 heavy (non-hydrogen) atoms. The number of aryl methyl sites for hydroxylation is 1. The maximum Gasteiger partial charge on any atom is 0.274 e. The van der Waals surface area contributed by atoms with Crippen LogP contribution in [0.15, 0.2) is 54.2 Å². The molecule has 1 aliphatic heterocycles. The Hall–Kier alpha value is -3.06. The lowest BCUT2D eigenvalue weighted by atomic mass is 9.72. The second-order valence-corrected chi connectivity index (χ2v) is 9.27. The highest BCUT2D eigenvalue weighted by molar-refractivity contribution is 7.13. The molecule has 0 spiro atoms. The number of nitrogens with zero attached hydrogens (tertiary/aromatic N) is 3. The van der Waals surface area contributed by atoms with Gasteiger partial charge in [-0.3, -0.25) is 14.6 Å². The molecule has 1 aromatic carbocycles.